The highest BCUT2D eigenvalue weighted by Crippen LogP contribution is 2.22. The molecule has 1 aliphatic rings. The molecule has 1 N–H and O–H groups in total. The topological polar surface area (TPSA) is 80.2 Å². The molecule has 2 rings (SSSR count). The number of hydrogen-bond acceptors (Lipinski definition) is 4. The third-order valence-corrected chi connectivity index (χ3v) is 5.10. The van der Waals surface area contributed by atoms with Crippen LogP contribution < -0.4 is 5.56 Å². The fourth-order valence-electron chi connectivity index (χ4n) is 3.64. The van der Waals surface area contributed by atoms with Crippen LogP contribution in [0.2, 0.25) is 0 Å². The summed E-state index contributed by atoms with van der Waals surface area (Å²) in [6.07, 6.45) is 0.935. The van der Waals surface area contributed by atoms with Crippen LogP contribution >= 0.6 is 0 Å². The van der Waals surface area contributed by atoms with Gasteiger partial charge >= 0.3 is 0 Å². The molecule has 6 heteroatoms. The van der Waals surface area contributed by atoms with Crippen LogP contribution in [0.5, 0.6) is 0 Å². The van der Waals surface area contributed by atoms with Crippen LogP contribution in [0, 0.1) is 31.1 Å². The Morgan fingerprint density at radius 1 is 1.38 bits per heavy atom. The highest BCUT2D eigenvalue weighted by Gasteiger charge is 2.33. The summed E-state index contributed by atoms with van der Waals surface area (Å²) in [5, 5.41) is 9.13. The van der Waals surface area contributed by atoms with E-state index in [0.717, 1.165) is 24.3 Å². The van der Waals surface area contributed by atoms with Gasteiger partial charge in [0.05, 0.1) is 0 Å². The molecule has 1 aromatic rings. The smallest absolute Gasteiger partial charge is 0.266 e. The van der Waals surface area contributed by atoms with E-state index in [0.29, 0.717) is 30.4 Å². The molecule has 2 atom stereocenters. The Kier molecular flexibility index (Phi) is 5.45. The summed E-state index contributed by atoms with van der Waals surface area (Å²) in [6, 6.07) is 2.35. The van der Waals surface area contributed by atoms with Gasteiger partial charge in [0.1, 0.15) is 11.6 Å². The molecule has 2 heterocycles. The SMILES string of the molecule is Cc1[nH]c(=O)c(C#N)c(C)c1CCC(=O)N1C[C@@H](N(C)C)[C@@H](C)C1. The first-order chi connectivity index (χ1) is 11.3. The molecule has 1 aromatic heterocycles. The summed E-state index contributed by atoms with van der Waals surface area (Å²) in [5.74, 6) is 0.598. The fourth-order valence-corrected chi connectivity index (χ4v) is 3.64. The molecule has 1 saturated heterocycles. The molecule has 0 aromatic carbocycles. The Hall–Kier alpha value is -2.13. The Morgan fingerprint density at radius 2 is 2.04 bits per heavy atom. The molecule has 1 amide bonds. The van der Waals surface area contributed by atoms with Gasteiger partial charge in [0, 0.05) is 31.2 Å². The number of aryl methyl sites for hydroxylation is 1. The van der Waals surface area contributed by atoms with Crippen molar-refractivity contribution in [1.29, 1.82) is 5.26 Å². The van der Waals surface area contributed by atoms with Crippen molar-refractivity contribution < 1.29 is 4.79 Å². The molecule has 130 valence electrons. The van der Waals surface area contributed by atoms with Crippen molar-refractivity contribution >= 4 is 5.91 Å². The number of H-pyrrole nitrogens is 1. The van der Waals surface area contributed by atoms with Crippen molar-refractivity contribution in [3.05, 3.63) is 32.7 Å². The number of carbonyl (C=O) groups excluding carboxylic acids is 1. The molecule has 6 nitrogen and oxygen atoms in total. The first kappa shape index (κ1) is 18.2. The fraction of sp³-hybridized carbons (Fsp3) is 0.611. The van der Waals surface area contributed by atoms with E-state index in [1.54, 1.807) is 6.92 Å². The van der Waals surface area contributed by atoms with Crippen LogP contribution in [-0.2, 0) is 11.2 Å². The van der Waals surface area contributed by atoms with Crippen LogP contribution in [0.1, 0.15) is 35.7 Å². The molecule has 0 spiro atoms. The average molecular weight is 330 g/mol. The van der Waals surface area contributed by atoms with E-state index in [2.05, 4.69) is 16.8 Å². The number of aromatic amines is 1. The van der Waals surface area contributed by atoms with Crippen molar-refractivity contribution in [3.63, 3.8) is 0 Å². The van der Waals surface area contributed by atoms with Gasteiger partial charge in [-0.2, -0.15) is 5.26 Å². The molecule has 1 fully saturated rings. The number of nitriles is 1. The lowest BCUT2D eigenvalue weighted by Gasteiger charge is -2.22. The summed E-state index contributed by atoms with van der Waals surface area (Å²) in [4.78, 5) is 31.1. The standard InChI is InChI=1S/C18H26N4O2/c1-11-9-22(10-16(11)21(4)5)17(23)7-6-14-12(2)15(8-19)18(24)20-13(14)3/h11,16H,6-7,9-10H2,1-5H3,(H,20,24)/t11-,16+/m0/s1. The van der Waals surface area contributed by atoms with E-state index in [-0.39, 0.29) is 17.0 Å². The molecule has 0 radical (unpaired) electrons. The van der Waals surface area contributed by atoms with E-state index in [1.165, 1.54) is 0 Å². The zero-order valence-electron chi connectivity index (χ0n) is 15.1. The quantitative estimate of drug-likeness (QED) is 0.900. The molecular formula is C18H26N4O2. The lowest BCUT2D eigenvalue weighted by molar-refractivity contribution is -0.130. The normalized spacial score (nSPS) is 20.5. The summed E-state index contributed by atoms with van der Waals surface area (Å²) in [6.45, 7) is 7.32. The van der Waals surface area contributed by atoms with Crippen LogP contribution in [-0.4, -0.2) is 53.9 Å². The maximum Gasteiger partial charge on any atom is 0.266 e. The van der Waals surface area contributed by atoms with Gasteiger partial charge in [-0.05, 0) is 51.4 Å². The molecular weight excluding hydrogens is 304 g/mol. The van der Waals surface area contributed by atoms with Crippen molar-refractivity contribution in [3.8, 4) is 6.07 Å². The second-order valence-electron chi connectivity index (χ2n) is 6.98. The Bertz CT molecular complexity index is 730. The number of hydrogen-bond donors (Lipinski definition) is 1. The largest absolute Gasteiger partial charge is 0.341 e. The van der Waals surface area contributed by atoms with Gasteiger partial charge in [-0.1, -0.05) is 6.92 Å². The van der Waals surface area contributed by atoms with E-state index in [4.69, 9.17) is 5.26 Å². The van der Waals surface area contributed by atoms with Gasteiger partial charge in [0.25, 0.3) is 5.56 Å². The van der Waals surface area contributed by atoms with E-state index in [9.17, 15) is 9.59 Å². The third-order valence-electron chi connectivity index (χ3n) is 5.10. The van der Waals surface area contributed by atoms with Crippen LogP contribution in [0.25, 0.3) is 0 Å². The highest BCUT2D eigenvalue weighted by molar-refractivity contribution is 5.77. The number of likely N-dealkylation sites (N-methyl/N-ethyl adjacent to an activating group) is 1. The van der Waals surface area contributed by atoms with Crippen molar-refractivity contribution in [2.24, 2.45) is 5.92 Å². The molecule has 0 unspecified atom stereocenters. The Morgan fingerprint density at radius 3 is 2.58 bits per heavy atom. The zero-order valence-corrected chi connectivity index (χ0v) is 15.1. The van der Waals surface area contributed by atoms with Crippen LogP contribution in [0.15, 0.2) is 4.79 Å². The number of pyridine rings is 1. The predicted molar refractivity (Wildman–Crippen MR) is 92.8 cm³/mol. The summed E-state index contributed by atoms with van der Waals surface area (Å²) < 4.78 is 0. The maximum absolute atomic E-state index is 12.5. The molecule has 0 saturated carbocycles. The van der Waals surface area contributed by atoms with E-state index in [1.807, 2.05) is 32.0 Å². The minimum absolute atomic E-state index is 0.134. The number of aromatic nitrogens is 1. The van der Waals surface area contributed by atoms with E-state index < -0.39 is 0 Å². The maximum atomic E-state index is 12.5. The monoisotopic (exact) mass is 330 g/mol. The molecule has 0 bridgehead atoms. The first-order valence-electron chi connectivity index (χ1n) is 8.32. The third kappa shape index (κ3) is 3.51. The van der Waals surface area contributed by atoms with Gasteiger partial charge in [0.15, 0.2) is 0 Å². The molecule has 0 aliphatic carbocycles. The van der Waals surface area contributed by atoms with E-state index >= 15 is 0 Å². The molecule has 1 aliphatic heterocycles. The summed E-state index contributed by atoms with van der Waals surface area (Å²) in [5.41, 5.74) is 2.11. The first-order valence-corrected chi connectivity index (χ1v) is 8.32. The van der Waals surface area contributed by atoms with Crippen molar-refractivity contribution in [2.45, 2.75) is 39.7 Å². The number of nitrogens with one attached hydrogen (secondary N) is 1. The van der Waals surface area contributed by atoms with Gasteiger partial charge in [-0.25, -0.2) is 0 Å². The van der Waals surface area contributed by atoms with Crippen molar-refractivity contribution in [1.82, 2.24) is 14.8 Å². The average Bonchev–Trinajstić information content (AvgIpc) is 2.89. The molecule has 24 heavy (non-hydrogen) atoms. The Labute approximate surface area is 143 Å². The predicted octanol–water partition coefficient (Wildman–Crippen LogP) is 1.20. The second kappa shape index (κ2) is 7.18. The minimum atomic E-state index is -0.357. The minimum Gasteiger partial charge on any atom is -0.341 e. The lowest BCUT2D eigenvalue weighted by Crippen LogP contribution is -2.35. The lowest BCUT2D eigenvalue weighted by atomic mass is 9.99. The number of likely N-dealkylation sites (tertiary alicyclic amines) is 1. The zero-order chi connectivity index (χ0) is 18.0. The number of rotatable bonds is 4. The Balaban J connectivity index is 2.08. The van der Waals surface area contributed by atoms with Gasteiger partial charge in [0.2, 0.25) is 5.91 Å². The van der Waals surface area contributed by atoms with Gasteiger partial charge in [-0.3, -0.25) is 9.59 Å². The van der Waals surface area contributed by atoms with Crippen LogP contribution in [0.4, 0.5) is 0 Å². The van der Waals surface area contributed by atoms with Gasteiger partial charge < -0.3 is 14.8 Å². The number of carbonyl (C=O) groups is 1. The van der Waals surface area contributed by atoms with Crippen molar-refractivity contribution in [2.75, 3.05) is 27.2 Å². The second-order valence-corrected chi connectivity index (χ2v) is 6.98. The highest BCUT2D eigenvalue weighted by atomic mass is 16.2. The summed E-state index contributed by atoms with van der Waals surface area (Å²) >= 11 is 0. The number of amides is 1. The number of nitrogens with zero attached hydrogens (tertiary/aromatic N) is 3. The summed E-state index contributed by atoms with van der Waals surface area (Å²) in [7, 11) is 4.09. The van der Waals surface area contributed by atoms with Crippen LogP contribution in [0.3, 0.4) is 0 Å². The van der Waals surface area contributed by atoms with Gasteiger partial charge in [-0.15, -0.1) is 0 Å².